The fourth-order valence-electron chi connectivity index (χ4n) is 3.24. The zero-order valence-corrected chi connectivity index (χ0v) is 20.1. The molecule has 0 aliphatic rings. The SMILES string of the molecule is CCOc1cccc2sc(N(CCn3nc(C)cc3C)C(=O)c3ccc(Br)s3)nc12. The number of thiazole rings is 1. The lowest BCUT2D eigenvalue weighted by Gasteiger charge is -2.19. The predicted molar refractivity (Wildman–Crippen MR) is 126 cm³/mol. The number of ether oxygens (including phenoxy) is 1. The Kier molecular flexibility index (Phi) is 6.21. The highest BCUT2D eigenvalue weighted by Gasteiger charge is 2.24. The smallest absolute Gasteiger partial charge is 0.270 e. The van der Waals surface area contributed by atoms with Crippen LogP contribution in [-0.4, -0.2) is 33.8 Å². The molecule has 0 spiro atoms. The van der Waals surface area contributed by atoms with E-state index in [0.717, 1.165) is 31.1 Å². The summed E-state index contributed by atoms with van der Waals surface area (Å²) in [6.07, 6.45) is 0. The first-order chi connectivity index (χ1) is 14.5. The van der Waals surface area contributed by atoms with Gasteiger partial charge in [0, 0.05) is 12.2 Å². The molecule has 0 bridgehead atoms. The van der Waals surface area contributed by atoms with E-state index >= 15 is 0 Å². The second-order valence-corrected chi connectivity index (χ2v) is 10.2. The Morgan fingerprint density at radius 1 is 1.23 bits per heavy atom. The number of para-hydroxylation sites is 1. The number of hydrogen-bond donors (Lipinski definition) is 0. The first-order valence-electron chi connectivity index (χ1n) is 9.57. The topological polar surface area (TPSA) is 60.2 Å². The fraction of sp³-hybridized carbons (Fsp3) is 0.286. The predicted octanol–water partition coefficient (Wildman–Crippen LogP) is 5.68. The molecular weight excluding hydrogens is 484 g/mol. The van der Waals surface area contributed by atoms with Crippen molar-refractivity contribution in [3.63, 3.8) is 0 Å². The number of aromatic nitrogens is 3. The van der Waals surface area contributed by atoms with Crippen LogP contribution in [-0.2, 0) is 6.54 Å². The standard InChI is InChI=1S/C21H21BrN4O2S2/c1-4-28-15-6-5-7-16-19(15)23-21(30-16)25(20(27)17-8-9-18(22)29-17)10-11-26-14(3)12-13(2)24-26/h5-9,12H,4,10-11H2,1-3H3. The number of amides is 1. The maximum Gasteiger partial charge on any atom is 0.270 e. The van der Waals surface area contributed by atoms with Gasteiger partial charge in [0.15, 0.2) is 5.13 Å². The molecule has 1 aromatic carbocycles. The lowest BCUT2D eigenvalue weighted by molar-refractivity contribution is 0.0989. The summed E-state index contributed by atoms with van der Waals surface area (Å²) < 4.78 is 9.58. The summed E-state index contributed by atoms with van der Waals surface area (Å²) in [6.45, 7) is 7.57. The Bertz CT molecular complexity index is 1200. The van der Waals surface area contributed by atoms with Crippen LogP contribution in [0.5, 0.6) is 5.75 Å². The maximum atomic E-state index is 13.4. The minimum Gasteiger partial charge on any atom is -0.492 e. The molecular formula is C21H21BrN4O2S2. The van der Waals surface area contributed by atoms with E-state index in [1.54, 1.807) is 4.90 Å². The van der Waals surface area contributed by atoms with Crippen LogP contribution in [0, 0.1) is 13.8 Å². The van der Waals surface area contributed by atoms with Crippen molar-refractivity contribution in [2.24, 2.45) is 0 Å². The molecule has 30 heavy (non-hydrogen) atoms. The molecule has 4 rings (SSSR count). The van der Waals surface area contributed by atoms with Crippen LogP contribution in [0.4, 0.5) is 5.13 Å². The zero-order valence-electron chi connectivity index (χ0n) is 16.9. The molecule has 6 nitrogen and oxygen atoms in total. The number of nitrogens with zero attached hydrogens (tertiary/aromatic N) is 4. The number of anilines is 1. The van der Waals surface area contributed by atoms with Crippen molar-refractivity contribution in [2.75, 3.05) is 18.1 Å². The van der Waals surface area contributed by atoms with Gasteiger partial charge in [-0.25, -0.2) is 4.98 Å². The van der Waals surface area contributed by atoms with Gasteiger partial charge in [-0.15, -0.1) is 11.3 Å². The van der Waals surface area contributed by atoms with Crippen molar-refractivity contribution in [1.82, 2.24) is 14.8 Å². The van der Waals surface area contributed by atoms with Crippen LogP contribution < -0.4 is 9.64 Å². The average Bonchev–Trinajstić information content (AvgIpc) is 3.41. The molecule has 0 saturated heterocycles. The molecule has 0 saturated carbocycles. The second-order valence-electron chi connectivity index (χ2n) is 6.74. The highest BCUT2D eigenvalue weighted by molar-refractivity contribution is 9.11. The van der Waals surface area contributed by atoms with Gasteiger partial charge in [-0.2, -0.15) is 5.10 Å². The number of fused-ring (bicyclic) bond motifs is 1. The van der Waals surface area contributed by atoms with E-state index in [0.29, 0.717) is 29.7 Å². The van der Waals surface area contributed by atoms with Gasteiger partial charge in [-0.1, -0.05) is 17.4 Å². The first-order valence-corrected chi connectivity index (χ1v) is 12.0. The normalized spacial score (nSPS) is 11.2. The minimum atomic E-state index is -0.0655. The number of benzene rings is 1. The fourth-order valence-corrected chi connectivity index (χ4v) is 5.58. The number of aryl methyl sites for hydroxylation is 2. The van der Waals surface area contributed by atoms with Gasteiger partial charge in [0.05, 0.1) is 32.2 Å². The summed E-state index contributed by atoms with van der Waals surface area (Å²) in [5.74, 6) is 0.673. The summed E-state index contributed by atoms with van der Waals surface area (Å²) in [5.41, 5.74) is 2.83. The van der Waals surface area contributed by atoms with Gasteiger partial charge in [-0.3, -0.25) is 14.4 Å². The maximum absolute atomic E-state index is 13.4. The third-order valence-electron chi connectivity index (χ3n) is 4.57. The lowest BCUT2D eigenvalue weighted by Crippen LogP contribution is -2.33. The summed E-state index contributed by atoms with van der Waals surface area (Å²) in [7, 11) is 0. The molecule has 0 fully saturated rings. The zero-order chi connectivity index (χ0) is 21.3. The van der Waals surface area contributed by atoms with E-state index in [4.69, 9.17) is 9.72 Å². The van der Waals surface area contributed by atoms with Crippen LogP contribution in [0.1, 0.15) is 28.0 Å². The van der Waals surface area contributed by atoms with Gasteiger partial charge >= 0.3 is 0 Å². The van der Waals surface area contributed by atoms with Gasteiger partial charge < -0.3 is 4.74 Å². The van der Waals surface area contributed by atoms with E-state index < -0.39 is 0 Å². The second kappa shape index (κ2) is 8.87. The van der Waals surface area contributed by atoms with Crippen LogP contribution >= 0.6 is 38.6 Å². The number of rotatable bonds is 7. The Labute approximate surface area is 191 Å². The quantitative estimate of drug-likeness (QED) is 0.324. The van der Waals surface area contributed by atoms with Gasteiger partial charge in [0.2, 0.25) is 0 Å². The molecule has 0 N–H and O–H groups in total. The van der Waals surface area contributed by atoms with Crippen molar-refractivity contribution >= 4 is 59.9 Å². The van der Waals surface area contributed by atoms with Crippen LogP contribution in [0.3, 0.4) is 0 Å². The summed E-state index contributed by atoms with van der Waals surface area (Å²) >= 11 is 6.37. The molecule has 4 aromatic rings. The largest absolute Gasteiger partial charge is 0.492 e. The van der Waals surface area contributed by atoms with E-state index in [2.05, 4.69) is 21.0 Å². The Morgan fingerprint density at radius 3 is 2.73 bits per heavy atom. The molecule has 0 aliphatic heterocycles. The van der Waals surface area contributed by atoms with Crippen molar-refractivity contribution in [2.45, 2.75) is 27.3 Å². The molecule has 3 aromatic heterocycles. The molecule has 0 radical (unpaired) electrons. The van der Waals surface area contributed by atoms with Crippen LogP contribution in [0.25, 0.3) is 10.2 Å². The number of thiophene rings is 1. The lowest BCUT2D eigenvalue weighted by atomic mass is 10.3. The summed E-state index contributed by atoms with van der Waals surface area (Å²) in [4.78, 5) is 20.6. The molecule has 9 heteroatoms. The van der Waals surface area contributed by atoms with Crippen LogP contribution in [0.15, 0.2) is 40.2 Å². The van der Waals surface area contributed by atoms with Crippen molar-refractivity contribution in [3.05, 3.63) is 56.4 Å². The van der Waals surface area contributed by atoms with E-state index in [9.17, 15) is 4.79 Å². The number of carbonyl (C=O) groups is 1. The highest BCUT2D eigenvalue weighted by atomic mass is 79.9. The average molecular weight is 505 g/mol. The van der Waals surface area contributed by atoms with E-state index in [-0.39, 0.29) is 5.91 Å². The molecule has 1 amide bonds. The minimum absolute atomic E-state index is 0.0655. The number of carbonyl (C=O) groups excluding carboxylic acids is 1. The molecule has 3 heterocycles. The first kappa shape index (κ1) is 21.0. The Balaban J connectivity index is 1.70. The summed E-state index contributed by atoms with van der Waals surface area (Å²) in [5, 5.41) is 5.19. The molecule has 0 unspecified atom stereocenters. The van der Waals surface area contributed by atoms with Gasteiger partial charge in [-0.05, 0) is 67.0 Å². The van der Waals surface area contributed by atoms with Crippen molar-refractivity contribution < 1.29 is 9.53 Å². The van der Waals surface area contributed by atoms with Gasteiger partial charge in [0.1, 0.15) is 11.3 Å². The highest BCUT2D eigenvalue weighted by Crippen LogP contribution is 2.35. The number of hydrogen-bond acceptors (Lipinski definition) is 6. The number of halogens is 1. The third kappa shape index (κ3) is 4.28. The Hall–Kier alpha value is -2.23. The molecule has 0 atom stereocenters. The summed E-state index contributed by atoms with van der Waals surface area (Å²) in [6, 6.07) is 11.6. The monoisotopic (exact) mass is 504 g/mol. The van der Waals surface area contributed by atoms with Crippen LogP contribution in [0.2, 0.25) is 0 Å². The Morgan fingerprint density at radius 2 is 2.07 bits per heavy atom. The van der Waals surface area contributed by atoms with Crippen molar-refractivity contribution in [1.29, 1.82) is 0 Å². The van der Waals surface area contributed by atoms with Gasteiger partial charge in [0.25, 0.3) is 5.91 Å². The van der Waals surface area contributed by atoms with Crippen molar-refractivity contribution in [3.8, 4) is 5.75 Å². The third-order valence-corrected chi connectivity index (χ3v) is 7.22. The molecule has 0 aliphatic carbocycles. The van der Waals surface area contributed by atoms with E-state index in [1.807, 2.05) is 61.9 Å². The van der Waals surface area contributed by atoms with E-state index in [1.165, 1.54) is 22.7 Å². The molecule has 156 valence electrons.